The van der Waals surface area contributed by atoms with Crippen molar-refractivity contribution in [3.05, 3.63) is 34.9 Å². The van der Waals surface area contributed by atoms with E-state index in [2.05, 4.69) is 5.32 Å². The van der Waals surface area contributed by atoms with Gasteiger partial charge >= 0.3 is 0 Å². The van der Waals surface area contributed by atoms with Crippen molar-refractivity contribution in [1.29, 1.82) is 0 Å². The van der Waals surface area contributed by atoms with Crippen LogP contribution in [0.5, 0.6) is 0 Å². The van der Waals surface area contributed by atoms with Crippen LogP contribution in [-0.4, -0.2) is 19.3 Å². The summed E-state index contributed by atoms with van der Waals surface area (Å²) in [6.45, 7) is 2.66. The van der Waals surface area contributed by atoms with Crippen molar-refractivity contribution in [1.82, 2.24) is 5.32 Å². The summed E-state index contributed by atoms with van der Waals surface area (Å²) in [5.74, 6) is 0. The number of hydrogen-bond donors (Lipinski definition) is 1. The van der Waals surface area contributed by atoms with E-state index in [0.29, 0.717) is 6.10 Å². The highest BCUT2D eigenvalue weighted by molar-refractivity contribution is 6.31. The third-order valence-electron chi connectivity index (χ3n) is 2.67. The summed E-state index contributed by atoms with van der Waals surface area (Å²) in [5, 5.41) is 4.21. The Kier molecular flexibility index (Phi) is 6.36. The predicted molar refractivity (Wildman–Crippen MR) is 62.1 cm³/mol. The molecular weight excluding hydrogens is 289 g/mol. The zero-order chi connectivity index (χ0) is 10.5. The van der Waals surface area contributed by atoms with Crippen molar-refractivity contribution in [3.63, 3.8) is 0 Å². The Balaban J connectivity index is 0.00000128. The molecule has 0 spiro atoms. The number of hydrogen-bond acceptors (Lipinski definition) is 2. The predicted octanol–water partition coefficient (Wildman–Crippen LogP) is -0.387. The van der Waals surface area contributed by atoms with Crippen LogP contribution in [0.15, 0.2) is 24.3 Å². The third kappa shape index (κ3) is 4.06. The molecule has 2 rings (SSSR count). The van der Waals surface area contributed by atoms with Gasteiger partial charge < -0.3 is 27.0 Å². The van der Waals surface area contributed by atoms with Crippen LogP contribution in [0.25, 0.3) is 0 Å². The van der Waals surface area contributed by atoms with Crippen LogP contribution < -0.4 is 22.3 Å². The number of benzene rings is 1. The second kappa shape index (κ2) is 7.28. The van der Waals surface area contributed by atoms with E-state index in [-0.39, 0.29) is 17.0 Å². The minimum Gasteiger partial charge on any atom is -1.00 e. The monoisotopic (exact) mass is 304 g/mol. The third-order valence-corrected chi connectivity index (χ3v) is 3.04. The van der Waals surface area contributed by atoms with Gasteiger partial charge in [-0.3, -0.25) is 0 Å². The fourth-order valence-electron chi connectivity index (χ4n) is 1.81. The Morgan fingerprint density at radius 1 is 1.38 bits per heavy atom. The summed E-state index contributed by atoms with van der Waals surface area (Å²) in [7, 11) is 0. The second-order valence-corrected chi connectivity index (χ2v) is 4.26. The van der Waals surface area contributed by atoms with Crippen molar-refractivity contribution in [2.24, 2.45) is 0 Å². The highest BCUT2D eigenvalue weighted by Gasteiger charge is 2.14. The van der Waals surface area contributed by atoms with Gasteiger partial charge in [-0.05, 0) is 24.5 Å². The molecule has 2 nitrogen and oxygen atoms in total. The molecule has 0 saturated carbocycles. The summed E-state index contributed by atoms with van der Waals surface area (Å²) in [6.07, 6.45) is 2.76. The van der Waals surface area contributed by atoms with E-state index in [9.17, 15) is 0 Å². The van der Waals surface area contributed by atoms with E-state index in [0.717, 1.165) is 30.3 Å². The molecule has 0 aromatic heterocycles. The molecule has 1 heterocycles. The van der Waals surface area contributed by atoms with Crippen LogP contribution in [0.1, 0.15) is 18.4 Å². The van der Waals surface area contributed by atoms with Crippen molar-refractivity contribution < 1.29 is 21.7 Å². The molecule has 0 radical (unpaired) electrons. The standard InChI is InChI=1S/C12H16ClNO.BrH/c13-12-6-2-1-4-10(12)8-14-9-11-5-3-7-15-11;/h1-2,4,6,11,14H,3,5,7-9H2;1H/p-1. The van der Waals surface area contributed by atoms with E-state index < -0.39 is 0 Å². The Bertz CT molecular complexity index is 316. The first kappa shape index (κ1) is 14.0. The van der Waals surface area contributed by atoms with Gasteiger partial charge in [-0.15, -0.1) is 0 Å². The average molecular weight is 306 g/mol. The Hall–Kier alpha value is -0.0900. The lowest BCUT2D eigenvalue weighted by molar-refractivity contribution is -0.00000430. The van der Waals surface area contributed by atoms with Gasteiger partial charge in [0.25, 0.3) is 0 Å². The fraction of sp³-hybridized carbons (Fsp3) is 0.500. The number of nitrogens with one attached hydrogen (secondary N) is 1. The molecular formula is C12H16BrClNO-. The molecule has 1 saturated heterocycles. The van der Waals surface area contributed by atoms with Gasteiger partial charge in [0.1, 0.15) is 0 Å². The number of halogens is 2. The van der Waals surface area contributed by atoms with Gasteiger partial charge in [-0.25, -0.2) is 0 Å². The lowest BCUT2D eigenvalue weighted by Crippen LogP contribution is -3.00. The minimum absolute atomic E-state index is 0. The maximum atomic E-state index is 6.05. The van der Waals surface area contributed by atoms with Crippen LogP contribution in [0, 0.1) is 0 Å². The van der Waals surface area contributed by atoms with E-state index >= 15 is 0 Å². The number of ether oxygens (including phenoxy) is 1. The van der Waals surface area contributed by atoms with Gasteiger partial charge in [0.2, 0.25) is 0 Å². The summed E-state index contributed by atoms with van der Waals surface area (Å²) in [4.78, 5) is 0. The van der Waals surface area contributed by atoms with Gasteiger partial charge in [0.05, 0.1) is 6.10 Å². The molecule has 0 aliphatic carbocycles. The molecule has 0 amide bonds. The van der Waals surface area contributed by atoms with Crippen molar-refractivity contribution in [3.8, 4) is 0 Å². The molecule has 1 aromatic rings. The van der Waals surface area contributed by atoms with Crippen LogP contribution in [0.3, 0.4) is 0 Å². The van der Waals surface area contributed by atoms with Crippen LogP contribution in [-0.2, 0) is 11.3 Å². The largest absolute Gasteiger partial charge is 1.00 e. The molecule has 1 aliphatic heterocycles. The SMILES string of the molecule is Clc1ccccc1CNCC1CCCO1.[Br-]. The Morgan fingerprint density at radius 2 is 2.19 bits per heavy atom. The van der Waals surface area contributed by atoms with Crippen molar-refractivity contribution in [2.75, 3.05) is 13.2 Å². The molecule has 1 unspecified atom stereocenters. The quantitative estimate of drug-likeness (QED) is 0.818. The average Bonchev–Trinajstić information content (AvgIpc) is 2.74. The van der Waals surface area contributed by atoms with Gasteiger partial charge in [0.15, 0.2) is 0 Å². The zero-order valence-electron chi connectivity index (χ0n) is 9.09. The lowest BCUT2D eigenvalue weighted by Gasteiger charge is -2.11. The van der Waals surface area contributed by atoms with Crippen molar-refractivity contribution in [2.45, 2.75) is 25.5 Å². The van der Waals surface area contributed by atoms with Gasteiger partial charge in [0, 0.05) is 24.7 Å². The highest BCUT2D eigenvalue weighted by atomic mass is 79.9. The first-order chi connectivity index (χ1) is 7.36. The maximum Gasteiger partial charge on any atom is 0.0700 e. The van der Waals surface area contributed by atoms with E-state index in [4.69, 9.17) is 16.3 Å². The molecule has 1 fully saturated rings. The maximum absolute atomic E-state index is 6.05. The lowest BCUT2D eigenvalue weighted by atomic mass is 10.2. The topological polar surface area (TPSA) is 21.3 Å². The molecule has 4 heteroatoms. The van der Waals surface area contributed by atoms with Crippen LogP contribution >= 0.6 is 11.6 Å². The molecule has 0 bridgehead atoms. The molecule has 1 aliphatic rings. The van der Waals surface area contributed by atoms with Crippen LogP contribution in [0.2, 0.25) is 5.02 Å². The first-order valence-corrected chi connectivity index (χ1v) is 5.80. The van der Waals surface area contributed by atoms with E-state index in [1.165, 1.54) is 12.8 Å². The fourth-order valence-corrected chi connectivity index (χ4v) is 2.02. The Morgan fingerprint density at radius 3 is 2.88 bits per heavy atom. The first-order valence-electron chi connectivity index (χ1n) is 5.42. The molecule has 16 heavy (non-hydrogen) atoms. The summed E-state index contributed by atoms with van der Waals surface area (Å²) >= 11 is 6.05. The van der Waals surface area contributed by atoms with Gasteiger partial charge in [-0.1, -0.05) is 29.8 Å². The molecule has 90 valence electrons. The minimum atomic E-state index is 0. The second-order valence-electron chi connectivity index (χ2n) is 3.86. The summed E-state index contributed by atoms with van der Waals surface area (Å²) in [5.41, 5.74) is 1.15. The molecule has 1 aromatic carbocycles. The van der Waals surface area contributed by atoms with E-state index in [1.807, 2.05) is 24.3 Å². The summed E-state index contributed by atoms with van der Waals surface area (Å²) in [6, 6.07) is 7.93. The smallest absolute Gasteiger partial charge is 0.0700 e. The zero-order valence-corrected chi connectivity index (χ0v) is 11.4. The molecule has 1 N–H and O–H groups in total. The van der Waals surface area contributed by atoms with Gasteiger partial charge in [-0.2, -0.15) is 0 Å². The van der Waals surface area contributed by atoms with E-state index in [1.54, 1.807) is 0 Å². The highest BCUT2D eigenvalue weighted by Crippen LogP contribution is 2.15. The number of rotatable bonds is 4. The summed E-state index contributed by atoms with van der Waals surface area (Å²) < 4.78 is 5.53. The van der Waals surface area contributed by atoms with Crippen LogP contribution in [0.4, 0.5) is 0 Å². The molecule has 1 atom stereocenters. The van der Waals surface area contributed by atoms with Crippen molar-refractivity contribution >= 4 is 11.6 Å². The Labute approximate surface area is 112 Å². The normalized spacial score (nSPS) is 19.4.